The topological polar surface area (TPSA) is 204 Å². The maximum absolute atomic E-state index is 12.4. The summed E-state index contributed by atoms with van der Waals surface area (Å²) in [5.41, 5.74) is 8.50. The lowest BCUT2D eigenvalue weighted by molar-refractivity contribution is -0.384. The van der Waals surface area contributed by atoms with Crippen LogP contribution in [0.4, 0.5) is 23.0 Å². The first-order chi connectivity index (χ1) is 16.3. The summed E-state index contributed by atoms with van der Waals surface area (Å²) in [6.45, 7) is 0. The number of nitrogens with one attached hydrogen (secondary N) is 4. The predicted molar refractivity (Wildman–Crippen MR) is 117 cm³/mol. The largest absolute Gasteiger partial charge is 0.496 e. The molecule has 0 saturated heterocycles. The van der Waals surface area contributed by atoms with Gasteiger partial charge in [0.2, 0.25) is 11.6 Å². The normalized spacial score (nSPS) is 10.0. The predicted octanol–water partition coefficient (Wildman–Crippen LogP) is 1.82. The molecule has 2 aromatic carbocycles. The van der Waals surface area contributed by atoms with Crippen molar-refractivity contribution >= 4 is 34.8 Å². The van der Waals surface area contributed by atoms with Gasteiger partial charge >= 0.3 is 5.69 Å². The maximum Gasteiger partial charge on any atom is 0.356 e. The first kappa shape index (κ1) is 23.3. The van der Waals surface area contributed by atoms with Gasteiger partial charge in [0.1, 0.15) is 12.1 Å². The monoisotopic (exact) mass is 468 g/mol. The Kier molecular flexibility index (Phi) is 7.08. The Morgan fingerprint density at radius 2 is 1.44 bits per heavy atom. The number of nitrogens with zero attached hydrogens (tertiary/aromatic N) is 4. The van der Waals surface area contributed by atoms with Crippen molar-refractivity contribution in [3.63, 3.8) is 0 Å². The highest BCUT2D eigenvalue weighted by Gasteiger charge is 2.24. The lowest BCUT2D eigenvalue weighted by atomic mass is 10.2. The number of hydrogen-bond acceptors (Lipinski definition) is 11. The van der Waals surface area contributed by atoms with E-state index in [-0.39, 0.29) is 34.2 Å². The molecule has 1 aromatic heterocycles. The van der Waals surface area contributed by atoms with E-state index in [0.29, 0.717) is 0 Å². The molecule has 174 valence electrons. The highest BCUT2D eigenvalue weighted by atomic mass is 16.6. The van der Waals surface area contributed by atoms with Gasteiger partial charge in [-0.2, -0.15) is 0 Å². The number of carbonyl (C=O) groups excluding carboxylic acids is 2. The van der Waals surface area contributed by atoms with E-state index < -0.39 is 27.3 Å². The summed E-state index contributed by atoms with van der Waals surface area (Å²) in [5, 5.41) is 22.3. The van der Waals surface area contributed by atoms with Crippen LogP contribution in [-0.4, -0.2) is 38.7 Å². The molecule has 0 spiro atoms. The van der Waals surface area contributed by atoms with E-state index in [2.05, 4.69) is 31.7 Å². The second-order valence-electron chi connectivity index (χ2n) is 6.34. The van der Waals surface area contributed by atoms with Crippen LogP contribution in [0.5, 0.6) is 5.75 Å². The summed E-state index contributed by atoms with van der Waals surface area (Å²) < 4.78 is 5.10. The molecule has 3 aromatic rings. The third-order valence-electron chi connectivity index (χ3n) is 4.29. The van der Waals surface area contributed by atoms with Gasteiger partial charge in [-0.25, -0.2) is 9.97 Å². The van der Waals surface area contributed by atoms with Gasteiger partial charge in [-0.15, -0.1) is 0 Å². The fourth-order valence-electron chi connectivity index (χ4n) is 2.67. The van der Waals surface area contributed by atoms with Gasteiger partial charge in [0.05, 0.1) is 22.5 Å². The highest BCUT2D eigenvalue weighted by molar-refractivity contribution is 5.98. The molecule has 0 radical (unpaired) electrons. The van der Waals surface area contributed by atoms with Crippen molar-refractivity contribution in [2.24, 2.45) is 0 Å². The first-order valence-corrected chi connectivity index (χ1v) is 9.31. The average molecular weight is 468 g/mol. The Bertz CT molecular complexity index is 1250. The third-order valence-corrected chi connectivity index (χ3v) is 4.29. The van der Waals surface area contributed by atoms with Crippen molar-refractivity contribution in [1.29, 1.82) is 0 Å². The number of hydrogen-bond donors (Lipinski definition) is 4. The van der Waals surface area contributed by atoms with Gasteiger partial charge in [-0.1, -0.05) is 12.1 Å². The molecule has 15 heteroatoms. The van der Waals surface area contributed by atoms with Gasteiger partial charge in [0.25, 0.3) is 17.5 Å². The van der Waals surface area contributed by atoms with Crippen molar-refractivity contribution in [3.05, 3.63) is 86.2 Å². The van der Waals surface area contributed by atoms with Gasteiger partial charge in [0, 0.05) is 17.7 Å². The SMILES string of the molecule is COc1ccccc1C(=O)NNc1ncnc(NNC(=O)c2ccc([N+](=O)[O-])cc2)c1[N+](=O)[O-]. The number of methoxy groups -OCH3 is 1. The van der Waals surface area contributed by atoms with Crippen LogP contribution in [0, 0.1) is 20.2 Å². The minimum absolute atomic E-state index is 0.0530. The van der Waals surface area contributed by atoms with Crippen LogP contribution in [0.2, 0.25) is 0 Å². The Morgan fingerprint density at radius 3 is 2.00 bits per heavy atom. The van der Waals surface area contributed by atoms with Crippen molar-refractivity contribution in [1.82, 2.24) is 20.8 Å². The van der Waals surface area contributed by atoms with Crippen molar-refractivity contribution in [2.75, 3.05) is 18.0 Å². The summed E-state index contributed by atoms with van der Waals surface area (Å²) in [5.74, 6) is -1.84. The summed E-state index contributed by atoms with van der Waals surface area (Å²) in [6, 6.07) is 11.0. The summed E-state index contributed by atoms with van der Waals surface area (Å²) >= 11 is 0. The third kappa shape index (κ3) is 5.28. The Morgan fingerprint density at radius 1 is 0.853 bits per heavy atom. The molecule has 3 rings (SSSR count). The van der Waals surface area contributed by atoms with E-state index in [9.17, 15) is 29.8 Å². The molecule has 0 saturated carbocycles. The van der Waals surface area contributed by atoms with E-state index in [0.717, 1.165) is 18.5 Å². The summed E-state index contributed by atoms with van der Waals surface area (Å²) in [4.78, 5) is 53.0. The second-order valence-corrected chi connectivity index (χ2v) is 6.34. The average Bonchev–Trinajstić information content (AvgIpc) is 2.85. The van der Waals surface area contributed by atoms with Crippen molar-refractivity contribution < 1.29 is 24.2 Å². The molecule has 0 atom stereocenters. The molecule has 4 N–H and O–H groups in total. The zero-order valence-corrected chi connectivity index (χ0v) is 17.3. The van der Waals surface area contributed by atoms with E-state index in [1.807, 2.05) is 0 Å². The maximum atomic E-state index is 12.4. The highest BCUT2D eigenvalue weighted by Crippen LogP contribution is 2.28. The molecular formula is C19H16N8O7. The standard InChI is InChI=1S/C19H16N8O7/c1-34-14-5-3-2-4-13(14)19(29)25-23-17-15(27(32)33)16(20-10-21-17)22-24-18(28)11-6-8-12(9-7-11)26(30)31/h2-10H,1H3,(H,24,28)(H,25,29)(H2,20,21,22,23). The van der Waals surface area contributed by atoms with E-state index in [1.165, 1.54) is 25.3 Å². The molecule has 0 aliphatic rings. The number of benzene rings is 2. The van der Waals surface area contributed by atoms with E-state index in [1.54, 1.807) is 18.2 Å². The number of ether oxygens (including phenoxy) is 1. The number of carbonyl (C=O) groups is 2. The van der Waals surface area contributed by atoms with Crippen LogP contribution in [0.15, 0.2) is 54.9 Å². The van der Waals surface area contributed by atoms with Gasteiger partial charge in [0.15, 0.2) is 0 Å². The number of non-ortho nitro benzene ring substituents is 1. The van der Waals surface area contributed by atoms with Gasteiger partial charge in [-0.05, 0) is 24.3 Å². The number of anilines is 2. The van der Waals surface area contributed by atoms with Crippen LogP contribution >= 0.6 is 0 Å². The second kappa shape index (κ2) is 10.3. The molecule has 0 fully saturated rings. The molecule has 0 unspecified atom stereocenters. The minimum atomic E-state index is -0.821. The quantitative estimate of drug-likeness (QED) is 0.263. The Labute approximate surface area is 190 Å². The van der Waals surface area contributed by atoms with Gasteiger partial charge < -0.3 is 4.74 Å². The fraction of sp³-hybridized carbons (Fsp3) is 0.0526. The van der Waals surface area contributed by atoms with Crippen molar-refractivity contribution in [2.45, 2.75) is 0 Å². The Hall–Kier alpha value is -5.34. The number of para-hydroxylation sites is 1. The zero-order chi connectivity index (χ0) is 24.7. The van der Waals surface area contributed by atoms with Crippen LogP contribution in [-0.2, 0) is 0 Å². The molecule has 2 amide bonds. The molecular weight excluding hydrogens is 452 g/mol. The van der Waals surface area contributed by atoms with Crippen LogP contribution in [0.25, 0.3) is 0 Å². The summed E-state index contributed by atoms with van der Waals surface area (Å²) in [6.07, 6.45) is 0.963. The lowest BCUT2D eigenvalue weighted by Crippen LogP contribution is -2.32. The zero-order valence-electron chi connectivity index (χ0n) is 17.3. The summed E-state index contributed by atoms with van der Waals surface area (Å²) in [7, 11) is 1.39. The molecule has 0 bridgehead atoms. The number of nitro benzene ring substituents is 1. The number of nitro groups is 2. The lowest BCUT2D eigenvalue weighted by Gasteiger charge is -2.12. The first-order valence-electron chi connectivity index (χ1n) is 9.31. The molecule has 15 nitrogen and oxygen atoms in total. The molecule has 0 aliphatic carbocycles. The minimum Gasteiger partial charge on any atom is -0.496 e. The number of rotatable bonds is 9. The van der Waals surface area contributed by atoms with Crippen LogP contribution in [0.3, 0.4) is 0 Å². The van der Waals surface area contributed by atoms with Gasteiger partial charge in [-0.3, -0.25) is 51.5 Å². The van der Waals surface area contributed by atoms with Crippen molar-refractivity contribution in [3.8, 4) is 5.75 Å². The number of aromatic nitrogens is 2. The smallest absolute Gasteiger partial charge is 0.356 e. The van der Waals surface area contributed by atoms with E-state index >= 15 is 0 Å². The fourth-order valence-corrected chi connectivity index (χ4v) is 2.67. The number of hydrazine groups is 2. The molecule has 34 heavy (non-hydrogen) atoms. The van der Waals surface area contributed by atoms with Crippen LogP contribution < -0.4 is 26.4 Å². The molecule has 1 heterocycles. The molecule has 0 aliphatic heterocycles. The number of amides is 2. The Balaban J connectivity index is 1.73. The van der Waals surface area contributed by atoms with E-state index in [4.69, 9.17) is 4.74 Å². The van der Waals surface area contributed by atoms with Crippen LogP contribution in [0.1, 0.15) is 20.7 Å².